The van der Waals surface area contributed by atoms with Gasteiger partial charge in [-0.1, -0.05) is 30.7 Å². The molecule has 2 bridgehead atoms. The number of benzene rings is 2. The van der Waals surface area contributed by atoms with Crippen molar-refractivity contribution in [1.82, 2.24) is 5.01 Å². The number of allylic oxidation sites excluding steroid dienone is 1. The Morgan fingerprint density at radius 1 is 0.974 bits per heavy atom. The summed E-state index contributed by atoms with van der Waals surface area (Å²) in [5.74, 6) is 0.323. The van der Waals surface area contributed by atoms with Crippen molar-refractivity contribution in [2.24, 2.45) is 28.8 Å². The Bertz CT molecular complexity index is 1270. The molecule has 1 amide bonds. The van der Waals surface area contributed by atoms with Crippen molar-refractivity contribution in [3.63, 3.8) is 0 Å². The maximum atomic E-state index is 13.7. The van der Waals surface area contributed by atoms with Crippen LogP contribution in [0.25, 0.3) is 6.08 Å². The highest BCUT2D eigenvalue weighted by atomic mass is 19.1. The summed E-state index contributed by atoms with van der Waals surface area (Å²) in [6.07, 6.45) is 9.68. The van der Waals surface area contributed by atoms with Crippen molar-refractivity contribution < 1.29 is 23.1 Å². The number of nitrogens with zero attached hydrogens (tertiary/aromatic N) is 2. The monoisotopic (exact) mass is 518 g/mol. The first-order valence-corrected chi connectivity index (χ1v) is 13.7. The van der Waals surface area contributed by atoms with Crippen molar-refractivity contribution in [2.75, 3.05) is 6.61 Å². The maximum absolute atomic E-state index is 13.7. The van der Waals surface area contributed by atoms with E-state index in [9.17, 15) is 18.4 Å². The molecule has 3 fully saturated rings. The van der Waals surface area contributed by atoms with Gasteiger partial charge in [-0.25, -0.2) is 13.8 Å². The van der Waals surface area contributed by atoms with E-state index in [0.717, 1.165) is 54.0 Å². The molecule has 38 heavy (non-hydrogen) atoms. The summed E-state index contributed by atoms with van der Waals surface area (Å²) in [5.41, 5.74) is 3.47. The molecule has 2 aromatic carbocycles. The van der Waals surface area contributed by atoms with Gasteiger partial charge in [-0.15, -0.1) is 0 Å². The zero-order valence-corrected chi connectivity index (χ0v) is 21.3. The van der Waals surface area contributed by atoms with Crippen LogP contribution in [0.2, 0.25) is 0 Å². The number of fused-ring (bicyclic) bond motifs is 3. The summed E-state index contributed by atoms with van der Waals surface area (Å²) in [6, 6.07) is 12.0. The van der Waals surface area contributed by atoms with Gasteiger partial charge in [-0.2, -0.15) is 5.10 Å². The summed E-state index contributed by atoms with van der Waals surface area (Å²) < 4.78 is 32.6. The van der Waals surface area contributed by atoms with Crippen LogP contribution in [0.1, 0.15) is 68.5 Å². The molecule has 3 aliphatic carbocycles. The number of hydrogen-bond acceptors (Lipinski definition) is 4. The number of ether oxygens (including phenoxy) is 1. The Morgan fingerprint density at radius 3 is 2.39 bits per heavy atom. The fourth-order valence-electron chi connectivity index (χ4n) is 7.07. The Hall–Kier alpha value is -3.35. The largest absolute Gasteiger partial charge is 0.455 e. The molecule has 0 N–H and O–H groups in total. The molecule has 3 saturated carbocycles. The van der Waals surface area contributed by atoms with E-state index in [2.05, 4.69) is 0 Å². The van der Waals surface area contributed by atoms with Crippen LogP contribution in [0, 0.1) is 35.3 Å². The highest BCUT2D eigenvalue weighted by Gasteiger charge is 2.44. The molecular formula is C31H32F2N2O3. The summed E-state index contributed by atoms with van der Waals surface area (Å²) in [5, 5.41) is 6.20. The fourth-order valence-corrected chi connectivity index (χ4v) is 7.07. The number of hydrogen-bond donors (Lipinski definition) is 0. The summed E-state index contributed by atoms with van der Waals surface area (Å²) >= 11 is 0. The first-order valence-electron chi connectivity index (χ1n) is 13.7. The van der Waals surface area contributed by atoms with Gasteiger partial charge in [0.2, 0.25) is 0 Å². The second-order valence-electron chi connectivity index (χ2n) is 11.2. The molecule has 7 heteroatoms. The van der Waals surface area contributed by atoms with E-state index in [1.54, 1.807) is 24.3 Å². The van der Waals surface area contributed by atoms with Crippen LogP contribution >= 0.6 is 0 Å². The van der Waals surface area contributed by atoms with Crippen LogP contribution in [0.3, 0.4) is 0 Å². The van der Waals surface area contributed by atoms with E-state index in [1.807, 2.05) is 6.08 Å². The second-order valence-corrected chi connectivity index (χ2v) is 11.2. The molecule has 0 saturated heterocycles. The van der Waals surface area contributed by atoms with Crippen LogP contribution in [0.5, 0.6) is 0 Å². The highest BCUT2D eigenvalue weighted by molar-refractivity contribution is 6.08. The molecule has 198 valence electrons. The molecule has 1 heterocycles. The predicted molar refractivity (Wildman–Crippen MR) is 140 cm³/mol. The molecule has 1 aliphatic heterocycles. The Balaban J connectivity index is 1.21. The number of rotatable bonds is 6. The van der Waals surface area contributed by atoms with Crippen molar-refractivity contribution in [3.05, 3.63) is 76.9 Å². The average molecular weight is 519 g/mol. The lowest BCUT2D eigenvalue weighted by Gasteiger charge is -2.29. The van der Waals surface area contributed by atoms with Crippen LogP contribution in [0.15, 0.2) is 59.2 Å². The van der Waals surface area contributed by atoms with Gasteiger partial charge in [-0.05, 0) is 103 Å². The van der Waals surface area contributed by atoms with Gasteiger partial charge >= 0.3 is 5.97 Å². The SMILES string of the molecule is O=C(CC1CC2CCC1C2)OCC(=O)N1N=C2C(=Cc3ccc(F)cc3)CCCC2C1c1ccc(F)cc1. The van der Waals surface area contributed by atoms with Crippen LogP contribution < -0.4 is 0 Å². The number of carbonyl (C=O) groups excluding carboxylic acids is 2. The first kappa shape index (κ1) is 25.0. The van der Waals surface area contributed by atoms with Gasteiger partial charge in [0.1, 0.15) is 11.6 Å². The number of carbonyl (C=O) groups is 2. The lowest BCUT2D eigenvalue weighted by Crippen LogP contribution is -2.34. The molecule has 5 nitrogen and oxygen atoms in total. The normalized spacial score (nSPS) is 28.9. The van der Waals surface area contributed by atoms with Crippen molar-refractivity contribution in [3.8, 4) is 0 Å². The molecule has 5 atom stereocenters. The van der Waals surface area contributed by atoms with Crippen LogP contribution in [-0.2, 0) is 14.3 Å². The topological polar surface area (TPSA) is 59.0 Å². The minimum atomic E-state index is -0.403. The lowest BCUT2D eigenvalue weighted by atomic mass is 9.77. The number of esters is 1. The molecule has 0 radical (unpaired) electrons. The quantitative estimate of drug-likeness (QED) is 0.413. The van der Waals surface area contributed by atoms with E-state index < -0.39 is 6.04 Å². The van der Waals surface area contributed by atoms with E-state index in [0.29, 0.717) is 18.3 Å². The summed E-state index contributed by atoms with van der Waals surface area (Å²) in [7, 11) is 0. The highest BCUT2D eigenvalue weighted by Crippen LogP contribution is 2.49. The lowest BCUT2D eigenvalue weighted by molar-refractivity contribution is -0.154. The summed E-state index contributed by atoms with van der Waals surface area (Å²) in [6.45, 7) is -0.363. The Morgan fingerprint density at radius 2 is 1.71 bits per heavy atom. The first-order chi connectivity index (χ1) is 18.4. The summed E-state index contributed by atoms with van der Waals surface area (Å²) in [4.78, 5) is 26.0. The van der Waals surface area contributed by atoms with Crippen LogP contribution in [-0.4, -0.2) is 29.2 Å². The van der Waals surface area contributed by atoms with Gasteiger partial charge in [0.15, 0.2) is 6.61 Å². The zero-order chi connectivity index (χ0) is 26.2. The smallest absolute Gasteiger partial charge is 0.306 e. The molecular weight excluding hydrogens is 486 g/mol. The molecule has 2 aromatic rings. The Kier molecular flexibility index (Phi) is 6.85. The predicted octanol–water partition coefficient (Wildman–Crippen LogP) is 6.46. The molecule has 4 aliphatic rings. The molecule has 0 aromatic heterocycles. The third-order valence-electron chi connectivity index (χ3n) is 8.85. The van der Waals surface area contributed by atoms with Crippen molar-refractivity contribution >= 4 is 23.7 Å². The van der Waals surface area contributed by atoms with Crippen molar-refractivity contribution in [1.29, 1.82) is 0 Å². The average Bonchev–Trinajstić information content (AvgIpc) is 3.64. The number of halogens is 2. The van der Waals surface area contributed by atoms with E-state index in [1.165, 1.54) is 48.5 Å². The van der Waals surface area contributed by atoms with E-state index in [4.69, 9.17) is 9.84 Å². The molecule has 0 spiro atoms. The van der Waals surface area contributed by atoms with E-state index >= 15 is 0 Å². The minimum Gasteiger partial charge on any atom is -0.455 e. The molecule has 6 rings (SSSR count). The zero-order valence-electron chi connectivity index (χ0n) is 21.3. The fraction of sp³-hybridized carbons (Fsp3) is 0.452. The van der Waals surface area contributed by atoms with Gasteiger partial charge in [0, 0.05) is 12.3 Å². The van der Waals surface area contributed by atoms with Crippen LogP contribution in [0.4, 0.5) is 8.78 Å². The second kappa shape index (κ2) is 10.4. The third kappa shape index (κ3) is 5.03. The van der Waals surface area contributed by atoms with Gasteiger partial charge in [-0.3, -0.25) is 9.59 Å². The van der Waals surface area contributed by atoms with E-state index in [-0.39, 0.29) is 36.0 Å². The number of hydrazone groups is 1. The third-order valence-corrected chi connectivity index (χ3v) is 8.85. The standard InChI is InChI=1S/C31H32F2N2O3/c32-25-10-5-19(6-11-25)14-23-2-1-3-27-30(23)34-35(31(27)21-8-12-26(33)13-9-21)28(36)18-38-29(37)17-24-16-20-4-7-22(24)15-20/h5-6,8-14,20,22,24,27,31H,1-4,7,15-18H2. The van der Waals surface area contributed by atoms with Crippen molar-refractivity contribution in [2.45, 2.75) is 57.4 Å². The molecule has 5 unspecified atom stereocenters. The minimum absolute atomic E-state index is 0.0606. The number of amides is 1. The van der Waals surface area contributed by atoms with Gasteiger partial charge in [0.25, 0.3) is 5.91 Å². The van der Waals surface area contributed by atoms with Gasteiger partial charge in [0.05, 0.1) is 11.8 Å². The maximum Gasteiger partial charge on any atom is 0.306 e. The van der Waals surface area contributed by atoms with Gasteiger partial charge < -0.3 is 4.74 Å². The Labute approximate surface area is 221 Å².